The quantitative estimate of drug-likeness (QED) is 0.746. The van der Waals surface area contributed by atoms with Crippen LogP contribution in [0, 0.1) is 20.8 Å². The minimum Gasteiger partial charge on any atom is -0.360 e. The van der Waals surface area contributed by atoms with Gasteiger partial charge in [-0.2, -0.15) is 5.10 Å². The monoisotopic (exact) mass is 352 g/mol. The van der Waals surface area contributed by atoms with Crippen molar-refractivity contribution in [1.82, 2.24) is 14.9 Å². The molecule has 26 heavy (non-hydrogen) atoms. The summed E-state index contributed by atoms with van der Waals surface area (Å²) in [4.78, 5) is 12.5. The molecule has 0 atom stereocenters. The van der Waals surface area contributed by atoms with Crippen LogP contribution in [0.4, 0.5) is 5.69 Å². The highest BCUT2D eigenvalue weighted by Crippen LogP contribution is 2.22. The zero-order valence-electron chi connectivity index (χ0n) is 15.8. The molecule has 6 heteroatoms. The van der Waals surface area contributed by atoms with Crippen molar-refractivity contribution in [3.63, 3.8) is 0 Å². The molecule has 0 unspecified atom stereocenters. The van der Waals surface area contributed by atoms with Gasteiger partial charge in [-0.05, 0) is 26.3 Å². The van der Waals surface area contributed by atoms with E-state index in [1.54, 1.807) is 6.07 Å². The van der Waals surface area contributed by atoms with Crippen LogP contribution in [0.2, 0.25) is 0 Å². The molecule has 1 amide bonds. The Labute approximate surface area is 153 Å². The van der Waals surface area contributed by atoms with Crippen LogP contribution in [-0.4, -0.2) is 20.8 Å². The number of benzene rings is 1. The fourth-order valence-corrected chi connectivity index (χ4v) is 2.74. The van der Waals surface area contributed by atoms with E-state index in [1.165, 1.54) is 5.56 Å². The van der Waals surface area contributed by atoms with Crippen molar-refractivity contribution < 1.29 is 9.32 Å². The third-order valence-corrected chi connectivity index (χ3v) is 4.40. The maximum atomic E-state index is 12.5. The molecule has 0 bridgehead atoms. The Hall–Kier alpha value is -2.89. The largest absolute Gasteiger partial charge is 0.360 e. The van der Waals surface area contributed by atoms with E-state index < -0.39 is 0 Å². The number of hydrogen-bond acceptors (Lipinski definition) is 4. The minimum absolute atomic E-state index is 0.185. The lowest BCUT2D eigenvalue weighted by Crippen LogP contribution is -2.13. The van der Waals surface area contributed by atoms with Crippen LogP contribution in [0.3, 0.4) is 0 Å². The maximum Gasteiger partial charge on any atom is 0.277 e. The summed E-state index contributed by atoms with van der Waals surface area (Å²) in [6, 6.07) is 10.0. The molecule has 6 nitrogen and oxygen atoms in total. The zero-order chi connectivity index (χ0) is 18.8. The molecular weight excluding hydrogens is 328 g/mol. The number of rotatable bonds is 5. The van der Waals surface area contributed by atoms with Crippen molar-refractivity contribution in [2.45, 2.75) is 47.1 Å². The first-order valence-electron chi connectivity index (χ1n) is 8.72. The highest BCUT2D eigenvalue weighted by Gasteiger charge is 2.19. The fourth-order valence-electron chi connectivity index (χ4n) is 2.74. The molecule has 0 saturated heterocycles. The van der Waals surface area contributed by atoms with Crippen LogP contribution in [-0.2, 0) is 6.54 Å². The summed E-state index contributed by atoms with van der Waals surface area (Å²) in [7, 11) is 0. The summed E-state index contributed by atoms with van der Waals surface area (Å²) in [5.41, 5.74) is 5.06. The maximum absolute atomic E-state index is 12.5. The van der Waals surface area contributed by atoms with E-state index in [-0.39, 0.29) is 17.5 Å². The second-order valence-corrected chi connectivity index (χ2v) is 6.91. The predicted molar refractivity (Wildman–Crippen MR) is 101 cm³/mol. The molecule has 0 aliphatic heterocycles. The number of nitrogens with zero attached hydrogens (tertiary/aromatic N) is 3. The number of aryl methyl sites for hydroxylation is 2. The fraction of sp³-hybridized carbons (Fsp3) is 0.350. The van der Waals surface area contributed by atoms with E-state index in [0.717, 1.165) is 22.6 Å². The first-order valence-corrected chi connectivity index (χ1v) is 8.72. The van der Waals surface area contributed by atoms with Crippen LogP contribution in [0.1, 0.15) is 58.5 Å². The van der Waals surface area contributed by atoms with Gasteiger partial charge in [-0.1, -0.05) is 48.8 Å². The number of amides is 1. The zero-order valence-corrected chi connectivity index (χ0v) is 15.8. The average molecular weight is 352 g/mol. The van der Waals surface area contributed by atoms with Crippen LogP contribution in [0.25, 0.3) is 0 Å². The van der Waals surface area contributed by atoms with Crippen molar-refractivity contribution in [3.8, 4) is 0 Å². The second-order valence-electron chi connectivity index (χ2n) is 6.91. The molecule has 0 aliphatic rings. The van der Waals surface area contributed by atoms with Gasteiger partial charge in [-0.15, -0.1) is 0 Å². The van der Waals surface area contributed by atoms with Gasteiger partial charge in [0.15, 0.2) is 5.69 Å². The standard InChI is InChI=1S/C20H24N4O2/c1-12(2)18-10-17(23-26-18)20(25)21-19-14(4)22-24(15(19)5)11-16-8-6-13(3)7-9-16/h6-10,12H,11H2,1-5H3,(H,21,25). The molecule has 3 rings (SSSR count). The van der Waals surface area contributed by atoms with E-state index >= 15 is 0 Å². The first kappa shape index (κ1) is 17.9. The molecule has 0 saturated carbocycles. The lowest BCUT2D eigenvalue weighted by molar-refractivity contribution is 0.101. The summed E-state index contributed by atoms with van der Waals surface area (Å²) < 4.78 is 7.11. The Balaban J connectivity index is 1.78. The molecule has 3 aromatic rings. The van der Waals surface area contributed by atoms with E-state index in [9.17, 15) is 4.79 Å². The third kappa shape index (κ3) is 3.69. The molecule has 136 valence electrons. The van der Waals surface area contributed by atoms with Crippen LogP contribution in [0.15, 0.2) is 34.9 Å². The topological polar surface area (TPSA) is 73.0 Å². The van der Waals surface area contributed by atoms with Gasteiger partial charge in [0, 0.05) is 12.0 Å². The molecule has 1 aromatic carbocycles. The van der Waals surface area contributed by atoms with Crippen LogP contribution >= 0.6 is 0 Å². The SMILES string of the molecule is Cc1ccc(Cn2nc(C)c(NC(=O)c3cc(C(C)C)on3)c2C)cc1. The van der Waals surface area contributed by atoms with Gasteiger partial charge in [-0.3, -0.25) is 9.48 Å². The number of anilines is 1. The Morgan fingerprint density at radius 3 is 2.50 bits per heavy atom. The second kappa shape index (κ2) is 7.15. The molecule has 0 fully saturated rings. The lowest BCUT2D eigenvalue weighted by Gasteiger charge is -2.07. The number of nitrogens with one attached hydrogen (secondary N) is 1. The van der Waals surface area contributed by atoms with E-state index in [4.69, 9.17) is 4.52 Å². The third-order valence-electron chi connectivity index (χ3n) is 4.40. The average Bonchev–Trinajstić information content (AvgIpc) is 3.18. The van der Waals surface area contributed by atoms with E-state index in [1.807, 2.05) is 32.4 Å². The highest BCUT2D eigenvalue weighted by molar-refractivity contribution is 6.03. The summed E-state index contributed by atoms with van der Waals surface area (Å²) in [5, 5.41) is 11.3. The van der Waals surface area contributed by atoms with Gasteiger partial charge >= 0.3 is 0 Å². The molecule has 0 radical (unpaired) electrons. The smallest absolute Gasteiger partial charge is 0.277 e. The first-order chi connectivity index (χ1) is 12.3. The number of hydrogen-bond donors (Lipinski definition) is 1. The Morgan fingerprint density at radius 1 is 1.19 bits per heavy atom. The van der Waals surface area contributed by atoms with Crippen molar-refractivity contribution >= 4 is 11.6 Å². The summed E-state index contributed by atoms with van der Waals surface area (Å²) >= 11 is 0. The van der Waals surface area contributed by atoms with E-state index in [2.05, 4.69) is 46.8 Å². The highest BCUT2D eigenvalue weighted by atomic mass is 16.5. The lowest BCUT2D eigenvalue weighted by atomic mass is 10.1. The molecule has 0 aliphatic carbocycles. The van der Waals surface area contributed by atoms with Crippen molar-refractivity contribution in [1.29, 1.82) is 0 Å². The molecule has 2 aromatic heterocycles. The minimum atomic E-state index is -0.290. The Morgan fingerprint density at radius 2 is 1.88 bits per heavy atom. The molecule has 1 N–H and O–H groups in total. The van der Waals surface area contributed by atoms with Gasteiger partial charge < -0.3 is 9.84 Å². The van der Waals surface area contributed by atoms with Crippen molar-refractivity contribution in [2.24, 2.45) is 0 Å². The summed E-state index contributed by atoms with van der Waals surface area (Å²) in [6.45, 7) is 10.5. The van der Waals surface area contributed by atoms with Gasteiger partial charge in [0.25, 0.3) is 5.91 Å². The van der Waals surface area contributed by atoms with E-state index in [0.29, 0.717) is 12.3 Å². The van der Waals surface area contributed by atoms with Gasteiger partial charge in [0.1, 0.15) is 5.76 Å². The number of aromatic nitrogens is 3. The normalized spacial score (nSPS) is 11.2. The predicted octanol–water partition coefficient (Wildman–Crippen LogP) is 4.22. The van der Waals surface area contributed by atoms with Gasteiger partial charge in [-0.25, -0.2) is 0 Å². The summed E-state index contributed by atoms with van der Waals surface area (Å²) in [6.07, 6.45) is 0. The van der Waals surface area contributed by atoms with Crippen molar-refractivity contribution in [3.05, 3.63) is 64.3 Å². The van der Waals surface area contributed by atoms with Crippen LogP contribution < -0.4 is 5.32 Å². The number of carbonyl (C=O) groups excluding carboxylic acids is 1. The Bertz CT molecular complexity index is 920. The van der Waals surface area contributed by atoms with Gasteiger partial charge in [0.2, 0.25) is 0 Å². The number of carbonyl (C=O) groups is 1. The Kier molecular flexibility index (Phi) is 4.93. The van der Waals surface area contributed by atoms with Crippen molar-refractivity contribution in [2.75, 3.05) is 5.32 Å². The molecule has 2 heterocycles. The molecule has 0 spiro atoms. The summed E-state index contributed by atoms with van der Waals surface area (Å²) in [5.74, 6) is 0.588. The molecular formula is C20H24N4O2. The van der Waals surface area contributed by atoms with Crippen LogP contribution in [0.5, 0.6) is 0 Å². The van der Waals surface area contributed by atoms with Gasteiger partial charge in [0.05, 0.1) is 23.6 Å².